The van der Waals surface area contributed by atoms with E-state index in [0.29, 0.717) is 106 Å². The Bertz CT molecular complexity index is 1800. The first-order valence-electron chi connectivity index (χ1n) is 18.4. The molecule has 9 heterocycles. The maximum atomic E-state index is 6.76. The largest absolute Gasteiger partial charge is 0.489 e. The van der Waals surface area contributed by atoms with Crippen LogP contribution in [-0.2, 0) is 54.1 Å². The van der Waals surface area contributed by atoms with E-state index in [4.69, 9.17) is 66.8 Å². The fraction of sp³-hybridized carbons (Fsp3) is 0.579. The lowest BCUT2D eigenvalue weighted by atomic mass is 9.92. The first-order valence-corrected chi connectivity index (χ1v) is 18.4. The molecule has 0 radical (unpaired) electrons. The van der Waals surface area contributed by atoms with Gasteiger partial charge in [0.05, 0.1) is 45.2 Å². The number of hydrogen-bond acceptors (Lipinski definition) is 14. The van der Waals surface area contributed by atoms with Gasteiger partial charge in [0, 0.05) is 111 Å². The maximum Gasteiger partial charge on any atom is 0.239 e. The normalized spacial score (nSPS) is 31.6. The molecule has 52 heavy (non-hydrogen) atoms. The summed E-state index contributed by atoms with van der Waals surface area (Å²) >= 11 is 0. The zero-order chi connectivity index (χ0) is 34.6. The topological polar surface area (TPSA) is 137 Å². The van der Waals surface area contributed by atoms with Crippen LogP contribution in [0.1, 0.15) is 47.9 Å². The van der Waals surface area contributed by atoms with Gasteiger partial charge in [-0.3, -0.25) is 0 Å². The molecular weight excluding hydrogens is 676 g/mol. The monoisotopic (exact) mass is 716 g/mol. The number of rotatable bonds is 10. The first kappa shape index (κ1) is 31.6. The van der Waals surface area contributed by atoms with Crippen LogP contribution in [0.3, 0.4) is 0 Å². The molecule has 4 saturated heterocycles. The van der Waals surface area contributed by atoms with Crippen molar-refractivity contribution in [3.05, 3.63) is 34.6 Å². The van der Waals surface area contributed by atoms with Crippen LogP contribution >= 0.6 is 0 Å². The van der Waals surface area contributed by atoms with E-state index in [1.54, 1.807) is 14.2 Å². The van der Waals surface area contributed by atoms with Crippen molar-refractivity contribution in [3.63, 3.8) is 0 Å². The summed E-state index contributed by atoms with van der Waals surface area (Å²) in [5.74, 6) is 2.87. The molecule has 8 aliphatic rings. The fourth-order valence-electron chi connectivity index (χ4n) is 8.68. The molecule has 8 aliphatic heterocycles. The van der Waals surface area contributed by atoms with Gasteiger partial charge in [0.2, 0.25) is 24.2 Å². The van der Waals surface area contributed by atoms with Crippen molar-refractivity contribution < 1.29 is 56.8 Å². The molecule has 6 atom stereocenters. The van der Waals surface area contributed by atoms with Crippen LogP contribution < -0.4 is 28.4 Å². The first-order chi connectivity index (χ1) is 25.6. The lowest BCUT2D eigenvalue weighted by Crippen LogP contribution is -2.62. The van der Waals surface area contributed by atoms with E-state index in [0.717, 1.165) is 64.6 Å². The smallest absolute Gasteiger partial charge is 0.239 e. The maximum absolute atomic E-state index is 6.76. The molecule has 0 saturated carbocycles. The molecule has 14 nitrogen and oxygen atoms in total. The second kappa shape index (κ2) is 11.8. The highest BCUT2D eigenvalue weighted by molar-refractivity contribution is 5.84. The van der Waals surface area contributed by atoms with Gasteiger partial charge in [0.1, 0.15) is 23.7 Å². The zero-order valence-electron chi connectivity index (χ0n) is 29.2. The number of fused-ring (bicyclic) bond motifs is 4. The molecule has 274 valence electrons. The Hall–Kier alpha value is -3.92. The van der Waals surface area contributed by atoms with Gasteiger partial charge in [0.15, 0.2) is 28.8 Å². The minimum absolute atomic E-state index is 0.114. The van der Waals surface area contributed by atoms with Gasteiger partial charge in [0.25, 0.3) is 0 Å². The average molecular weight is 717 g/mol. The number of aromatic nitrogens is 2. The van der Waals surface area contributed by atoms with Crippen molar-refractivity contribution in [1.82, 2.24) is 9.97 Å². The van der Waals surface area contributed by atoms with E-state index in [2.05, 4.69) is 0 Å². The van der Waals surface area contributed by atoms with E-state index in [1.807, 2.05) is 12.4 Å². The van der Waals surface area contributed by atoms with E-state index in [1.165, 1.54) is 0 Å². The number of nitrogens with zero attached hydrogens (tertiary/aromatic N) is 2. The molecular formula is C38H40N2O12. The van der Waals surface area contributed by atoms with Crippen molar-refractivity contribution in [2.45, 2.75) is 87.7 Å². The minimum atomic E-state index is -0.832. The van der Waals surface area contributed by atoms with E-state index < -0.39 is 24.2 Å². The molecule has 3 aromatic rings. The quantitative estimate of drug-likeness (QED) is 0.298. The second-order valence-electron chi connectivity index (χ2n) is 14.4. The number of methoxy groups -OCH3 is 2. The molecule has 14 heteroatoms. The molecule has 0 bridgehead atoms. The summed E-state index contributed by atoms with van der Waals surface area (Å²) in [4.78, 5) is 9.96. The average Bonchev–Trinajstić information content (AvgIpc) is 3.90. The van der Waals surface area contributed by atoms with Gasteiger partial charge in [-0.2, -0.15) is 0 Å². The lowest BCUT2D eigenvalue weighted by molar-refractivity contribution is -0.339. The summed E-state index contributed by atoms with van der Waals surface area (Å²) in [6.45, 7) is 3.68. The van der Waals surface area contributed by atoms with Crippen LogP contribution in [0.2, 0.25) is 0 Å². The summed E-state index contributed by atoms with van der Waals surface area (Å²) in [5.41, 5.74) is 6.12. The Morgan fingerprint density at radius 2 is 1.10 bits per heavy atom. The standard InChI is InChI=1S/C38H40N2O12/c1-41-26-15-22-30(49-26)28(20-3-9-45-32(20)34(22)51-37(7-13-47-37)24-5-11-43-24)19-17-39-36(40-18-19)29-21-4-10-46-33(21)35(23-16-27(42-2)50-31(23)29)52-38(8-14-48-38)25-6-12-44-25/h17-18,24-27H,3-16H2,1-2H3. The molecule has 0 amide bonds. The highest BCUT2D eigenvalue weighted by Gasteiger charge is 2.55. The van der Waals surface area contributed by atoms with E-state index in [-0.39, 0.29) is 12.2 Å². The summed E-state index contributed by atoms with van der Waals surface area (Å²) in [6.07, 6.45) is 8.04. The van der Waals surface area contributed by atoms with Crippen LogP contribution in [0.25, 0.3) is 22.5 Å². The number of benzene rings is 2. The minimum Gasteiger partial charge on any atom is -0.489 e. The van der Waals surface area contributed by atoms with Crippen LogP contribution in [0.15, 0.2) is 12.4 Å². The molecule has 0 aliphatic carbocycles. The van der Waals surface area contributed by atoms with Gasteiger partial charge in [-0.15, -0.1) is 0 Å². The van der Waals surface area contributed by atoms with E-state index >= 15 is 0 Å². The van der Waals surface area contributed by atoms with Crippen LogP contribution in [-0.4, -0.2) is 100 Å². The Kier molecular flexibility index (Phi) is 7.16. The third-order valence-electron chi connectivity index (χ3n) is 11.8. The third-order valence-corrected chi connectivity index (χ3v) is 11.8. The molecule has 11 rings (SSSR count). The summed E-state index contributed by atoms with van der Waals surface area (Å²) < 4.78 is 74.2. The van der Waals surface area contributed by atoms with Gasteiger partial charge in [-0.25, -0.2) is 9.97 Å². The molecule has 0 spiro atoms. The van der Waals surface area contributed by atoms with Gasteiger partial charge < -0.3 is 56.8 Å². The van der Waals surface area contributed by atoms with Crippen LogP contribution in [0.4, 0.5) is 0 Å². The fourth-order valence-corrected chi connectivity index (χ4v) is 8.68. The predicted octanol–water partition coefficient (Wildman–Crippen LogP) is 4.06. The van der Waals surface area contributed by atoms with Gasteiger partial charge >= 0.3 is 0 Å². The Morgan fingerprint density at radius 3 is 1.52 bits per heavy atom. The van der Waals surface area contributed by atoms with Crippen LogP contribution in [0.5, 0.6) is 34.5 Å². The van der Waals surface area contributed by atoms with Crippen molar-refractivity contribution in [2.24, 2.45) is 0 Å². The van der Waals surface area contributed by atoms with Gasteiger partial charge in [-0.05, 0) is 0 Å². The molecule has 1 aromatic heterocycles. The second-order valence-corrected chi connectivity index (χ2v) is 14.4. The van der Waals surface area contributed by atoms with Crippen molar-refractivity contribution >= 4 is 0 Å². The molecule has 6 unspecified atom stereocenters. The zero-order valence-corrected chi connectivity index (χ0v) is 29.2. The van der Waals surface area contributed by atoms with Gasteiger partial charge in [-0.1, -0.05) is 0 Å². The molecule has 2 aromatic carbocycles. The SMILES string of the molecule is COC1Cc2c(OC3(C4CCO4)CCO3)c3c(c(-c4cnc(-c5c6c(c(OC7(C8CCO8)CCO7)c7c5OC(OC)C7)OCC6)nc4)c2O1)CCO3. The third kappa shape index (κ3) is 4.51. The van der Waals surface area contributed by atoms with Crippen molar-refractivity contribution in [3.8, 4) is 57.0 Å². The highest BCUT2D eigenvalue weighted by Crippen LogP contribution is 2.58. The molecule has 4 fully saturated rings. The van der Waals surface area contributed by atoms with Crippen molar-refractivity contribution in [2.75, 3.05) is 53.9 Å². The van der Waals surface area contributed by atoms with E-state index in [9.17, 15) is 0 Å². The Labute approximate surface area is 299 Å². The lowest BCUT2D eigenvalue weighted by Gasteiger charge is -2.49. The number of ether oxygens (including phenoxy) is 12. The van der Waals surface area contributed by atoms with Crippen molar-refractivity contribution in [1.29, 1.82) is 0 Å². The van der Waals surface area contributed by atoms with Crippen LogP contribution in [0, 0.1) is 0 Å². The molecule has 0 N–H and O–H groups in total. The Balaban J connectivity index is 0.993. The summed E-state index contributed by atoms with van der Waals surface area (Å²) in [5, 5.41) is 0. The Morgan fingerprint density at radius 1 is 0.615 bits per heavy atom. The summed E-state index contributed by atoms with van der Waals surface area (Å²) in [6, 6.07) is 0. The highest BCUT2D eigenvalue weighted by atomic mass is 16.8. The number of hydrogen-bond donors (Lipinski definition) is 0. The predicted molar refractivity (Wildman–Crippen MR) is 178 cm³/mol. The summed E-state index contributed by atoms with van der Waals surface area (Å²) in [7, 11) is 3.28.